The lowest BCUT2D eigenvalue weighted by Gasteiger charge is -2.23. The number of rotatable bonds is 9. The zero-order valence-corrected chi connectivity index (χ0v) is 17.8. The highest BCUT2D eigenvalue weighted by atomic mass is 16.5. The number of aryl methyl sites for hydroxylation is 1. The normalized spacial score (nSPS) is 10.4. The van der Waals surface area contributed by atoms with Crippen molar-refractivity contribution in [1.29, 1.82) is 0 Å². The molecule has 3 aromatic rings. The van der Waals surface area contributed by atoms with E-state index < -0.39 is 0 Å². The van der Waals surface area contributed by atoms with Gasteiger partial charge in [0.1, 0.15) is 5.75 Å². The van der Waals surface area contributed by atoms with E-state index in [1.54, 1.807) is 48.5 Å². The van der Waals surface area contributed by atoms with E-state index in [1.165, 1.54) is 5.56 Å². The molecule has 31 heavy (non-hydrogen) atoms. The van der Waals surface area contributed by atoms with Gasteiger partial charge in [0, 0.05) is 18.1 Å². The summed E-state index contributed by atoms with van der Waals surface area (Å²) in [5.41, 5.74) is 3.25. The van der Waals surface area contributed by atoms with Crippen molar-refractivity contribution >= 4 is 17.6 Å². The van der Waals surface area contributed by atoms with Gasteiger partial charge in [0.25, 0.3) is 5.91 Å². The lowest BCUT2D eigenvalue weighted by Crippen LogP contribution is -2.34. The van der Waals surface area contributed by atoms with Gasteiger partial charge in [-0.3, -0.25) is 9.78 Å². The smallest absolute Gasteiger partial charge is 0.338 e. The Kier molecular flexibility index (Phi) is 7.76. The number of pyridine rings is 1. The Balaban J connectivity index is 1.76. The van der Waals surface area contributed by atoms with Gasteiger partial charge < -0.3 is 14.4 Å². The highest BCUT2D eigenvalue weighted by Crippen LogP contribution is 2.20. The summed E-state index contributed by atoms with van der Waals surface area (Å²) in [6.45, 7) is 4.42. The van der Waals surface area contributed by atoms with Crippen LogP contribution >= 0.6 is 0 Å². The molecule has 1 amide bonds. The highest BCUT2D eigenvalue weighted by molar-refractivity contribution is 5.95. The quantitative estimate of drug-likeness (QED) is 0.481. The van der Waals surface area contributed by atoms with Crippen molar-refractivity contribution in [3.8, 4) is 5.75 Å². The first-order valence-electron chi connectivity index (χ1n) is 10.3. The number of nitrogens with zero attached hydrogens (tertiary/aromatic N) is 2. The molecule has 0 atom stereocenters. The maximum absolute atomic E-state index is 13.1. The number of amides is 1. The summed E-state index contributed by atoms with van der Waals surface area (Å²) in [6.07, 6.45) is 4.32. The molecule has 0 unspecified atom stereocenters. The summed E-state index contributed by atoms with van der Waals surface area (Å²) in [4.78, 5) is 30.6. The van der Waals surface area contributed by atoms with Crippen LogP contribution in [0.15, 0.2) is 73.1 Å². The fourth-order valence-electron chi connectivity index (χ4n) is 3.03. The van der Waals surface area contributed by atoms with Crippen LogP contribution in [0.25, 0.3) is 0 Å². The Labute approximate surface area is 182 Å². The monoisotopic (exact) mass is 418 g/mol. The molecular formula is C25H26N2O4. The molecule has 0 aliphatic rings. The van der Waals surface area contributed by atoms with Gasteiger partial charge in [0.15, 0.2) is 6.61 Å². The molecule has 0 bridgehead atoms. The van der Waals surface area contributed by atoms with Crippen LogP contribution in [0.3, 0.4) is 0 Å². The molecule has 1 heterocycles. The standard InChI is InChI=1S/C25H26N2O4/c1-3-19-5-11-23(12-6-19)31-18-24(28)27(17-20-13-15-26-16-14-20)22-9-7-21(8-10-22)25(29)30-4-2/h5-16H,3-4,17-18H2,1-2H3. The van der Waals surface area contributed by atoms with Gasteiger partial charge in [-0.2, -0.15) is 0 Å². The number of carbonyl (C=O) groups is 2. The van der Waals surface area contributed by atoms with Crippen LogP contribution in [0.5, 0.6) is 5.75 Å². The molecule has 0 spiro atoms. The van der Waals surface area contributed by atoms with Crippen LogP contribution < -0.4 is 9.64 Å². The van der Waals surface area contributed by atoms with Gasteiger partial charge in [-0.1, -0.05) is 19.1 Å². The third kappa shape index (κ3) is 6.15. The van der Waals surface area contributed by atoms with Crippen LogP contribution in [0.1, 0.15) is 35.3 Å². The minimum absolute atomic E-state index is 0.101. The second kappa shape index (κ2) is 10.9. The van der Waals surface area contributed by atoms with Gasteiger partial charge in [-0.25, -0.2) is 4.79 Å². The molecule has 2 aromatic carbocycles. The Hall–Kier alpha value is -3.67. The van der Waals surface area contributed by atoms with Crippen LogP contribution in [0, 0.1) is 0 Å². The molecule has 0 fully saturated rings. The Morgan fingerprint density at radius 2 is 1.55 bits per heavy atom. The van der Waals surface area contributed by atoms with Crippen molar-refractivity contribution in [1.82, 2.24) is 4.98 Å². The third-order valence-electron chi connectivity index (χ3n) is 4.78. The van der Waals surface area contributed by atoms with Gasteiger partial charge in [-0.15, -0.1) is 0 Å². The molecule has 0 N–H and O–H groups in total. The average Bonchev–Trinajstić information content (AvgIpc) is 2.82. The molecule has 3 rings (SSSR count). The number of aromatic nitrogens is 1. The SMILES string of the molecule is CCOC(=O)c1ccc(N(Cc2ccncc2)C(=O)COc2ccc(CC)cc2)cc1. The molecule has 0 saturated heterocycles. The second-order valence-electron chi connectivity index (χ2n) is 6.89. The maximum Gasteiger partial charge on any atom is 0.338 e. The first-order valence-corrected chi connectivity index (χ1v) is 10.3. The number of ether oxygens (including phenoxy) is 2. The summed E-state index contributed by atoms with van der Waals surface area (Å²) in [5.74, 6) is 0.0623. The van der Waals surface area contributed by atoms with E-state index in [2.05, 4.69) is 11.9 Å². The summed E-state index contributed by atoms with van der Waals surface area (Å²) < 4.78 is 10.8. The predicted octanol–water partition coefficient (Wildman–Crippen LogP) is 4.43. The molecular weight excluding hydrogens is 392 g/mol. The van der Waals surface area contributed by atoms with Crippen molar-refractivity contribution in [3.05, 3.63) is 89.7 Å². The van der Waals surface area contributed by atoms with Crippen LogP contribution in [0.4, 0.5) is 5.69 Å². The van der Waals surface area contributed by atoms with Gasteiger partial charge in [0.2, 0.25) is 0 Å². The van der Waals surface area contributed by atoms with Crippen LogP contribution in [-0.2, 0) is 22.5 Å². The largest absolute Gasteiger partial charge is 0.484 e. The zero-order chi connectivity index (χ0) is 22.1. The fourth-order valence-corrected chi connectivity index (χ4v) is 3.03. The predicted molar refractivity (Wildman–Crippen MR) is 119 cm³/mol. The molecule has 6 nitrogen and oxygen atoms in total. The first kappa shape index (κ1) is 22.0. The first-order chi connectivity index (χ1) is 15.1. The fraction of sp³-hybridized carbons (Fsp3) is 0.240. The molecule has 0 radical (unpaired) electrons. The summed E-state index contributed by atoms with van der Waals surface area (Å²) in [5, 5.41) is 0. The molecule has 0 aliphatic carbocycles. The van der Waals surface area contributed by atoms with E-state index in [4.69, 9.17) is 9.47 Å². The maximum atomic E-state index is 13.1. The van der Waals surface area contributed by atoms with Crippen LogP contribution in [0.2, 0.25) is 0 Å². The number of hydrogen-bond donors (Lipinski definition) is 0. The van der Waals surface area contributed by atoms with E-state index in [0.717, 1.165) is 12.0 Å². The summed E-state index contributed by atoms with van der Waals surface area (Å²) >= 11 is 0. The van der Waals surface area contributed by atoms with Crippen molar-refractivity contribution < 1.29 is 19.1 Å². The number of hydrogen-bond acceptors (Lipinski definition) is 5. The average molecular weight is 418 g/mol. The van der Waals surface area contributed by atoms with Crippen molar-refractivity contribution in [3.63, 3.8) is 0 Å². The van der Waals surface area contributed by atoms with E-state index >= 15 is 0 Å². The minimum atomic E-state index is -0.389. The van der Waals surface area contributed by atoms with E-state index in [1.807, 2.05) is 36.4 Å². The van der Waals surface area contributed by atoms with Gasteiger partial charge in [-0.05, 0) is 73.0 Å². The molecule has 1 aromatic heterocycles. The molecule has 160 valence electrons. The number of carbonyl (C=O) groups excluding carboxylic acids is 2. The van der Waals surface area contributed by atoms with E-state index in [-0.39, 0.29) is 18.5 Å². The van der Waals surface area contributed by atoms with Crippen molar-refractivity contribution in [2.24, 2.45) is 0 Å². The number of anilines is 1. The number of benzene rings is 2. The Morgan fingerprint density at radius 1 is 0.871 bits per heavy atom. The minimum Gasteiger partial charge on any atom is -0.484 e. The van der Waals surface area contributed by atoms with Crippen molar-refractivity contribution in [2.75, 3.05) is 18.1 Å². The topological polar surface area (TPSA) is 68.7 Å². The Morgan fingerprint density at radius 3 is 2.16 bits per heavy atom. The summed E-state index contributed by atoms with van der Waals surface area (Å²) in [6, 6.07) is 18.2. The lowest BCUT2D eigenvalue weighted by atomic mass is 10.1. The van der Waals surface area contributed by atoms with E-state index in [9.17, 15) is 9.59 Å². The molecule has 0 aliphatic heterocycles. The second-order valence-corrected chi connectivity index (χ2v) is 6.89. The van der Waals surface area contributed by atoms with Crippen molar-refractivity contribution in [2.45, 2.75) is 26.8 Å². The van der Waals surface area contributed by atoms with Gasteiger partial charge in [0.05, 0.1) is 18.7 Å². The molecule has 6 heteroatoms. The summed E-state index contributed by atoms with van der Waals surface area (Å²) in [7, 11) is 0. The lowest BCUT2D eigenvalue weighted by molar-refractivity contribution is -0.120. The van der Waals surface area contributed by atoms with Crippen LogP contribution in [-0.4, -0.2) is 30.1 Å². The highest BCUT2D eigenvalue weighted by Gasteiger charge is 2.18. The van der Waals surface area contributed by atoms with E-state index in [0.29, 0.717) is 30.2 Å². The Bertz CT molecular complexity index is 986. The zero-order valence-electron chi connectivity index (χ0n) is 17.8. The molecule has 0 saturated carbocycles. The number of esters is 1. The third-order valence-corrected chi connectivity index (χ3v) is 4.78. The van der Waals surface area contributed by atoms with Gasteiger partial charge >= 0.3 is 5.97 Å².